The summed E-state index contributed by atoms with van der Waals surface area (Å²) in [6, 6.07) is 6.45. The quantitative estimate of drug-likeness (QED) is 0.602. The fourth-order valence-electron chi connectivity index (χ4n) is 0.834. The fraction of sp³-hybridized carbons (Fsp3) is 0.375. The molecule has 1 rings (SSSR count). The number of hydrogen-bond donors (Lipinski definition) is 0. The summed E-state index contributed by atoms with van der Waals surface area (Å²) in [6.07, 6.45) is 2.19. The third-order valence-electron chi connectivity index (χ3n) is 1.22. The molecule has 0 aromatic carbocycles. The summed E-state index contributed by atoms with van der Waals surface area (Å²) in [5, 5.41) is 0. The third-order valence-corrected chi connectivity index (χ3v) is 2.31. The van der Waals surface area contributed by atoms with Crippen LogP contribution < -0.4 is 0 Å². The molecule has 12 heavy (non-hydrogen) atoms. The van der Waals surface area contributed by atoms with Crippen molar-refractivity contribution in [1.82, 2.24) is 4.98 Å². The van der Waals surface area contributed by atoms with Crippen LogP contribution in [0.25, 0.3) is 0 Å². The monoisotopic (exact) mass is 352 g/mol. The molecular formula is C8H11NOPW-. The van der Waals surface area contributed by atoms with Gasteiger partial charge in [-0.2, -0.15) is 6.07 Å². The molecule has 66 valence electrons. The summed E-state index contributed by atoms with van der Waals surface area (Å²) in [6.45, 7) is 3.54. The maximum absolute atomic E-state index is 11.3. The van der Waals surface area contributed by atoms with Crippen molar-refractivity contribution in [2.45, 2.75) is 6.16 Å². The van der Waals surface area contributed by atoms with E-state index in [1.165, 1.54) is 0 Å². The number of aromatic nitrogens is 1. The van der Waals surface area contributed by atoms with E-state index in [0.717, 1.165) is 5.69 Å². The van der Waals surface area contributed by atoms with Crippen molar-refractivity contribution in [3.05, 3.63) is 30.1 Å². The molecule has 0 unspecified atom stereocenters. The normalized spacial score (nSPS) is 10.5. The summed E-state index contributed by atoms with van der Waals surface area (Å²) < 4.78 is 11.3. The van der Waals surface area contributed by atoms with Crippen molar-refractivity contribution in [3.63, 3.8) is 0 Å². The Kier molecular flexibility index (Phi) is 4.97. The molecule has 0 atom stereocenters. The smallest absolute Gasteiger partial charge is 0.0860 e. The van der Waals surface area contributed by atoms with E-state index in [1.54, 1.807) is 25.6 Å². The molecule has 0 aliphatic heterocycles. The third kappa shape index (κ3) is 4.85. The number of rotatable bonds is 2. The van der Waals surface area contributed by atoms with Crippen molar-refractivity contribution in [2.24, 2.45) is 0 Å². The first-order valence-electron chi connectivity index (χ1n) is 3.43. The summed E-state index contributed by atoms with van der Waals surface area (Å²) in [5.74, 6) is 0. The summed E-state index contributed by atoms with van der Waals surface area (Å²) in [7, 11) is -1.96. The second-order valence-electron chi connectivity index (χ2n) is 2.98. The molecule has 0 fully saturated rings. The van der Waals surface area contributed by atoms with Gasteiger partial charge >= 0.3 is 0 Å². The molecule has 0 N–H and O–H groups in total. The van der Waals surface area contributed by atoms with E-state index < -0.39 is 7.14 Å². The van der Waals surface area contributed by atoms with Gasteiger partial charge in [-0.3, -0.25) is 0 Å². The summed E-state index contributed by atoms with van der Waals surface area (Å²) in [4.78, 5) is 4.04. The zero-order valence-electron chi connectivity index (χ0n) is 7.15. The SMILES string of the molecule is CP(C)(=O)Cc1cc[c-]cn1.[W]. The van der Waals surface area contributed by atoms with Gasteiger partial charge in [0.1, 0.15) is 0 Å². The van der Waals surface area contributed by atoms with E-state index in [1.807, 2.05) is 6.07 Å². The van der Waals surface area contributed by atoms with Crippen LogP contribution in [0, 0.1) is 6.07 Å². The minimum atomic E-state index is -1.96. The zero-order valence-corrected chi connectivity index (χ0v) is 11.0. The first-order chi connectivity index (χ1) is 5.08. The minimum absolute atomic E-state index is 0. The molecule has 0 saturated carbocycles. The molecule has 0 aliphatic carbocycles. The van der Waals surface area contributed by atoms with Gasteiger partial charge in [0.05, 0.1) is 7.14 Å². The van der Waals surface area contributed by atoms with Gasteiger partial charge in [-0.25, -0.2) is 12.1 Å². The maximum atomic E-state index is 11.3. The first-order valence-corrected chi connectivity index (χ1v) is 6.21. The van der Waals surface area contributed by atoms with Crippen LogP contribution >= 0.6 is 7.14 Å². The molecule has 0 amide bonds. The van der Waals surface area contributed by atoms with Gasteiger partial charge in [-0.05, 0) is 19.0 Å². The van der Waals surface area contributed by atoms with Crippen molar-refractivity contribution in [2.75, 3.05) is 13.3 Å². The van der Waals surface area contributed by atoms with E-state index in [0.29, 0.717) is 6.16 Å². The molecule has 1 heterocycles. The second-order valence-corrected chi connectivity index (χ2v) is 6.45. The molecule has 0 spiro atoms. The van der Waals surface area contributed by atoms with E-state index in [2.05, 4.69) is 11.1 Å². The fourth-order valence-corrected chi connectivity index (χ4v) is 1.80. The number of pyridine rings is 1. The zero-order chi connectivity index (χ0) is 8.32. The van der Waals surface area contributed by atoms with E-state index in [-0.39, 0.29) is 21.1 Å². The first kappa shape index (κ1) is 12.1. The van der Waals surface area contributed by atoms with Crippen LogP contribution in [0.4, 0.5) is 0 Å². The summed E-state index contributed by atoms with van der Waals surface area (Å²) >= 11 is 0. The van der Waals surface area contributed by atoms with Gasteiger partial charge in [-0.15, -0.1) is 0 Å². The Morgan fingerprint density at radius 1 is 1.58 bits per heavy atom. The van der Waals surface area contributed by atoms with Crippen molar-refractivity contribution >= 4 is 7.14 Å². The van der Waals surface area contributed by atoms with E-state index in [4.69, 9.17) is 0 Å². The van der Waals surface area contributed by atoms with Crippen molar-refractivity contribution < 1.29 is 25.6 Å². The Bertz CT molecular complexity index is 270. The van der Waals surface area contributed by atoms with Gasteiger partial charge in [0.2, 0.25) is 0 Å². The topological polar surface area (TPSA) is 30.0 Å². The van der Waals surface area contributed by atoms with Gasteiger partial charge in [0.15, 0.2) is 0 Å². The predicted molar refractivity (Wildman–Crippen MR) is 46.2 cm³/mol. The van der Waals surface area contributed by atoms with Crippen LogP contribution in [0.1, 0.15) is 5.69 Å². The van der Waals surface area contributed by atoms with Gasteiger partial charge in [0.25, 0.3) is 0 Å². The van der Waals surface area contributed by atoms with Crippen LogP contribution in [0.2, 0.25) is 0 Å². The van der Waals surface area contributed by atoms with Crippen LogP contribution in [0.15, 0.2) is 18.3 Å². The number of hydrogen-bond acceptors (Lipinski definition) is 2. The number of nitrogens with zero attached hydrogens (tertiary/aromatic N) is 1. The van der Waals surface area contributed by atoms with Crippen LogP contribution in [0.3, 0.4) is 0 Å². The minimum Gasteiger partial charge on any atom is -0.324 e. The Morgan fingerprint density at radius 3 is 2.67 bits per heavy atom. The van der Waals surface area contributed by atoms with E-state index >= 15 is 0 Å². The maximum Gasteiger partial charge on any atom is 0.0860 e. The van der Waals surface area contributed by atoms with Crippen molar-refractivity contribution in [3.8, 4) is 0 Å². The van der Waals surface area contributed by atoms with Gasteiger partial charge in [0, 0.05) is 27.2 Å². The average Bonchev–Trinajstić information content (AvgIpc) is 1.85. The van der Waals surface area contributed by atoms with Crippen LogP contribution in [-0.4, -0.2) is 18.3 Å². The van der Waals surface area contributed by atoms with Gasteiger partial charge in [-0.1, -0.05) is 6.20 Å². The molecule has 0 bridgehead atoms. The Labute approximate surface area is 87.4 Å². The standard InChI is InChI=1S/C8H11NOP.W/c1-11(2,10)7-8-5-3-4-6-9-8;/h3,5-6H,7H2,1-2H3;/q-1;. The van der Waals surface area contributed by atoms with Gasteiger partial charge < -0.3 is 9.55 Å². The van der Waals surface area contributed by atoms with Crippen LogP contribution in [0.5, 0.6) is 0 Å². The molecule has 4 heteroatoms. The van der Waals surface area contributed by atoms with Crippen LogP contribution in [-0.2, 0) is 31.8 Å². The Balaban J connectivity index is 0.00000121. The molecule has 0 aliphatic rings. The molecule has 1 aromatic heterocycles. The molecule has 0 saturated heterocycles. The molecule has 2 nitrogen and oxygen atoms in total. The summed E-state index contributed by atoms with van der Waals surface area (Å²) in [5.41, 5.74) is 0.886. The molecular weight excluding hydrogens is 341 g/mol. The largest absolute Gasteiger partial charge is 0.324 e. The second kappa shape index (κ2) is 4.94. The van der Waals surface area contributed by atoms with Crippen molar-refractivity contribution in [1.29, 1.82) is 0 Å². The molecule has 1 aromatic rings. The molecule has 0 radical (unpaired) electrons. The Morgan fingerprint density at radius 2 is 2.25 bits per heavy atom. The average molecular weight is 352 g/mol. The van der Waals surface area contributed by atoms with E-state index in [9.17, 15) is 4.57 Å². The predicted octanol–water partition coefficient (Wildman–Crippen LogP) is 2.00. The Hall–Kier alpha value is 0.0683.